The molecule has 0 N–H and O–H groups in total. The van der Waals surface area contributed by atoms with Crippen molar-refractivity contribution in [2.45, 2.75) is 0 Å². The molecule has 0 aromatic heterocycles. The van der Waals surface area contributed by atoms with E-state index in [-0.39, 0.29) is 0 Å². The number of halogens is 4. The van der Waals surface area contributed by atoms with Gasteiger partial charge in [0.2, 0.25) is 0 Å². The summed E-state index contributed by atoms with van der Waals surface area (Å²) in [5.41, 5.74) is 5.44. The second-order valence-electron chi connectivity index (χ2n) is 7.01. The van der Waals surface area contributed by atoms with E-state index in [9.17, 15) is 0 Å². The lowest BCUT2D eigenvalue weighted by Gasteiger charge is -2.11. The van der Waals surface area contributed by atoms with E-state index in [2.05, 4.69) is 0 Å². The van der Waals surface area contributed by atoms with Gasteiger partial charge in [0.05, 0.1) is 25.8 Å². The van der Waals surface area contributed by atoms with E-state index in [1.165, 1.54) is 0 Å². The van der Waals surface area contributed by atoms with Crippen molar-refractivity contribution in [3.8, 4) is 0 Å². The smallest absolute Gasteiger partial charge is 0.0775 e. The first-order valence-electron chi connectivity index (χ1n) is 9.82. The number of benzene rings is 4. The van der Waals surface area contributed by atoms with Gasteiger partial charge in [-0.3, -0.25) is 4.99 Å². The van der Waals surface area contributed by atoms with E-state index in [1.807, 2.05) is 91.1 Å². The van der Waals surface area contributed by atoms with E-state index < -0.39 is 0 Å². The Morgan fingerprint density at radius 2 is 1.00 bits per heavy atom. The van der Waals surface area contributed by atoms with Gasteiger partial charge in [-0.15, -0.1) is 0 Å². The summed E-state index contributed by atoms with van der Waals surface area (Å²) in [6, 6.07) is 31.0. The average Bonchev–Trinajstić information content (AvgIpc) is 2.82. The molecule has 158 valence electrons. The van der Waals surface area contributed by atoms with Crippen LogP contribution in [0.5, 0.6) is 0 Å². The number of aliphatic imine (C=N–C) groups is 1. The van der Waals surface area contributed by atoms with Gasteiger partial charge in [-0.05, 0) is 35.4 Å². The third-order valence-electron chi connectivity index (χ3n) is 4.88. The summed E-state index contributed by atoms with van der Waals surface area (Å²) < 4.78 is 0. The van der Waals surface area contributed by atoms with Gasteiger partial charge in [-0.1, -0.05) is 119 Å². The van der Waals surface area contributed by atoms with Crippen LogP contribution < -0.4 is 0 Å². The zero-order valence-electron chi connectivity index (χ0n) is 16.8. The van der Waals surface area contributed by atoms with Crippen LogP contribution in [0, 0.1) is 0 Å². The number of rotatable bonds is 5. The van der Waals surface area contributed by atoms with Crippen LogP contribution in [0.15, 0.2) is 108 Å². The molecule has 4 aromatic rings. The molecule has 0 unspecified atom stereocenters. The first-order valence-corrected chi connectivity index (χ1v) is 11.3. The molecule has 0 atom stereocenters. The summed E-state index contributed by atoms with van der Waals surface area (Å²) in [7, 11) is 0. The molecule has 32 heavy (non-hydrogen) atoms. The van der Waals surface area contributed by atoms with Crippen molar-refractivity contribution in [3.05, 3.63) is 146 Å². The zero-order valence-corrected chi connectivity index (χ0v) is 19.8. The van der Waals surface area contributed by atoms with Crippen LogP contribution >= 0.6 is 46.4 Å². The van der Waals surface area contributed by atoms with Gasteiger partial charge < -0.3 is 0 Å². The Kier molecular flexibility index (Phi) is 7.34. The normalized spacial score (nSPS) is 12.1. The van der Waals surface area contributed by atoms with Gasteiger partial charge in [0.1, 0.15) is 0 Å². The van der Waals surface area contributed by atoms with Crippen LogP contribution in [-0.4, -0.2) is 5.71 Å². The highest BCUT2D eigenvalue weighted by Crippen LogP contribution is 2.30. The molecule has 0 saturated heterocycles. The fourth-order valence-corrected chi connectivity index (χ4v) is 3.88. The Morgan fingerprint density at radius 3 is 1.56 bits per heavy atom. The summed E-state index contributed by atoms with van der Waals surface area (Å²) >= 11 is 24.9. The van der Waals surface area contributed by atoms with Gasteiger partial charge >= 0.3 is 0 Å². The van der Waals surface area contributed by atoms with Crippen LogP contribution in [0.25, 0.3) is 5.57 Å². The second-order valence-corrected chi connectivity index (χ2v) is 8.64. The second kappa shape index (κ2) is 10.4. The molecule has 0 aliphatic carbocycles. The highest BCUT2D eigenvalue weighted by Gasteiger charge is 2.11. The van der Waals surface area contributed by atoms with Crippen LogP contribution in [0.1, 0.15) is 22.3 Å². The molecule has 0 aliphatic heterocycles. The van der Waals surface area contributed by atoms with Crippen LogP contribution in [0.3, 0.4) is 0 Å². The van der Waals surface area contributed by atoms with Gasteiger partial charge in [0.15, 0.2) is 0 Å². The summed E-state index contributed by atoms with van der Waals surface area (Å²) in [5, 5.41) is 1.97. The predicted octanol–water partition coefficient (Wildman–Crippen LogP) is 9.23. The average molecular weight is 497 g/mol. The summed E-state index contributed by atoms with van der Waals surface area (Å²) in [4.78, 5) is 4.92. The molecular formula is C27H17Cl4N. The minimum atomic E-state index is 0.476. The molecule has 0 heterocycles. The van der Waals surface area contributed by atoms with Gasteiger partial charge in [0.25, 0.3) is 0 Å². The molecule has 0 fully saturated rings. The largest absolute Gasteiger partial charge is 0.255 e. The fourth-order valence-electron chi connectivity index (χ4n) is 3.28. The summed E-state index contributed by atoms with van der Waals surface area (Å²) in [6.07, 6.45) is 1.85. The topological polar surface area (TPSA) is 12.4 Å². The van der Waals surface area contributed by atoms with Gasteiger partial charge in [-0.25, -0.2) is 0 Å². The minimum Gasteiger partial charge on any atom is -0.255 e. The lowest BCUT2D eigenvalue weighted by molar-refractivity contribution is 1.46. The minimum absolute atomic E-state index is 0.476. The Hall–Kier alpha value is -2.55. The highest BCUT2D eigenvalue weighted by atomic mass is 35.5. The van der Waals surface area contributed by atoms with Crippen LogP contribution in [0.2, 0.25) is 20.1 Å². The number of nitrogens with zero attached hydrogens (tertiary/aromatic N) is 1. The first-order chi connectivity index (χ1) is 15.5. The van der Waals surface area contributed by atoms with Crippen molar-refractivity contribution in [1.29, 1.82) is 0 Å². The fraction of sp³-hybridized carbons (Fsp3) is 0. The third kappa shape index (κ3) is 5.26. The molecule has 1 nitrogen and oxygen atoms in total. The molecule has 0 saturated carbocycles. The maximum atomic E-state index is 6.31. The van der Waals surface area contributed by atoms with Crippen LogP contribution in [-0.2, 0) is 0 Å². The number of hydrogen-bond donors (Lipinski definition) is 0. The van der Waals surface area contributed by atoms with Crippen molar-refractivity contribution in [3.63, 3.8) is 0 Å². The lowest BCUT2D eigenvalue weighted by atomic mass is 9.98. The Balaban J connectivity index is 1.91. The Labute approximate surface area is 207 Å². The quantitative estimate of drug-likeness (QED) is 0.244. The monoisotopic (exact) mass is 495 g/mol. The lowest BCUT2D eigenvalue weighted by Crippen LogP contribution is -2.03. The number of hydrogen-bond acceptors (Lipinski definition) is 1. The Morgan fingerprint density at radius 1 is 0.500 bits per heavy atom. The SMILES string of the molecule is Clc1ccc(C(=N/C=C(\c2ccccc2)c2ccc(Cl)c(Cl)c2)c2ccccc2)cc1Cl. The summed E-state index contributed by atoms with van der Waals surface area (Å²) in [6.45, 7) is 0. The van der Waals surface area contributed by atoms with E-state index in [0.717, 1.165) is 33.5 Å². The van der Waals surface area contributed by atoms with Gasteiger partial charge in [0, 0.05) is 22.9 Å². The van der Waals surface area contributed by atoms with Crippen molar-refractivity contribution >= 4 is 57.7 Å². The molecule has 0 spiro atoms. The molecule has 5 heteroatoms. The van der Waals surface area contributed by atoms with E-state index in [1.54, 1.807) is 12.1 Å². The standard InChI is InChI=1S/C27H17Cl4N/c28-23-13-11-20(15-25(23)30)22(18-7-3-1-4-8-18)17-32-27(19-9-5-2-6-10-19)21-12-14-24(29)26(31)16-21/h1-17H/b22-17+,32-27?. The maximum Gasteiger partial charge on any atom is 0.0775 e. The molecule has 0 amide bonds. The molecule has 4 aromatic carbocycles. The first kappa shape index (κ1) is 22.6. The maximum absolute atomic E-state index is 6.31. The predicted molar refractivity (Wildman–Crippen MR) is 139 cm³/mol. The van der Waals surface area contributed by atoms with Gasteiger partial charge in [-0.2, -0.15) is 0 Å². The third-order valence-corrected chi connectivity index (χ3v) is 6.36. The van der Waals surface area contributed by atoms with E-state index in [0.29, 0.717) is 20.1 Å². The van der Waals surface area contributed by atoms with Crippen molar-refractivity contribution in [2.24, 2.45) is 4.99 Å². The zero-order chi connectivity index (χ0) is 22.5. The molecular weight excluding hydrogens is 480 g/mol. The van der Waals surface area contributed by atoms with E-state index in [4.69, 9.17) is 51.4 Å². The van der Waals surface area contributed by atoms with Crippen molar-refractivity contribution in [2.75, 3.05) is 0 Å². The molecule has 0 bridgehead atoms. The highest BCUT2D eigenvalue weighted by molar-refractivity contribution is 6.42. The molecule has 0 radical (unpaired) electrons. The van der Waals surface area contributed by atoms with Crippen molar-refractivity contribution < 1.29 is 0 Å². The Bertz CT molecular complexity index is 1190. The summed E-state index contributed by atoms with van der Waals surface area (Å²) in [5.74, 6) is 0. The van der Waals surface area contributed by atoms with Crippen LogP contribution in [0.4, 0.5) is 0 Å². The van der Waals surface area contributed by atoms with E-state index >= 15 is 0 Å². The molecule has 0 aliphatic rings. The van der Waals surface area contributed by atoms with Crippen molar-refractivity contribution in [1.82, 2.24) is 0 Å². The molecule has 4 rings (SSSR count).